The van der Waals surface area contributed by atoms with E-state index in [2.05, 4.69) is 24.8 Å². The molecule has 0 N–H and O–H groups in total. The summed E-state index contributed by atoms with van der Waals surface area (Å²) in [6.07, 6.45) is 2.12. The SMILES string of the molecule is CC(C)CN(c1ccc(C(C)CC#N)cc1[N+](=O)[O-])C1CCOCC1. The Morgan fingerprint density at radius 1 is 1.36 bits per heavy atom. The molecule has 6 nitrogen and oxygen atoms in total. The highest BCUT2D eigenvalue weighted by molar-refractivity contribution is 5.65. The monoisotopic (exact) mass is 345 g/mol. The smallest absolute Gasteiger partial charge is 0.292 e. The van der Waals surface area contributed by atoms with Crippen LogP contribution in [0.1, 0.15) is 51.5 Å². The zero-order chi connectivity index (χ0) is 18.4. The van der Waals surface area contributed by atoms with E-state index in [9.17, 15) is 10.1 Å². The molecule has 136 valence electrons. The summed E-state index contributed by atoms with van der Waals surface area (Å²) in [5.74, 6) is 0.388. The Morgan fingerprint density at radius 2 is 2.04 bits per heavy atom. The summed E-state index contributed by atoms with van der Waals surface area (Å²) >= 11 is 0. The lowest BCUT2D eigenvalue weighted by molar-refractivity contribution is -0.384. The quantitative estimate of drug-likeness (QED) is 0.545. The van der Waals surface area contributed by atoms with Crippen LogP contribution in [0.15, 0.2) is 18.2 Å². The van der Waals surface area contributed by atoms with Crippen molar-refractivity contribution in [3.63, 3.8) is 0 Å². The molecule has 1 unspecified atom stereocenters. The molecule has 1 atom stereocenters. The van der Waals surface area contributed by atoms with Crippen molar-refractivity contribution in [3.05, 3.63) is 33.9 Å². The van der Waals surface area contributed by atoms with Crippen LogP contribution < -0.4 is 4.90 Å². The Bertz CT molecular complexity index is 633. The van der Waals surface area contributed by atoms with Crippen LogP contribution in [-0.4, -0.2) is 30.7 Å². The summed E-state index contributed by atoms with van der Waals surface area (Å²) in [6, 6.07) is 7.83. The molecule has 1 aromatic rings. The van der Waals surface area contributed by atoms with Crippen molar-refractivity contribution in [1.82, 2.24) is 0 Å². The molecule has 0 spiro atoms. The maximum atomic E-state index is 11.7. The van der Waals surface area contributed by atoms with Gasteiger partial charge in [0, 0.05) is 38.3 Å². The van der Waals surface area contributed by atoms with Gasteiger partial charge in [-0.3, -0.25) is 10.1 Å². The Hall–Kier alpha value is -2.13. The summed E-state index contributed by atoms with van der Waals surface area (Å²) in [4.78, 5) is 13.6. The Balaban J connectivity index is 2.41. The molecule has 6 heteroatoms. The van der Waals surface area contributed by atoms with Gasteiger partial charge in [0.1, 0.15) is 5.69 Å². The minimum Gasteiger partial charge on any atom is -0.381 e. The molecule has 0 amide bonds. The zero-order valence-electron chi connectivity index (χ0n) is 15.3. The molecule has 1 fully saturated rings. The van der Waals surface area contributed by atoms with E-state index in [4.69, 9.17) is 10.00 Å². The van der Waals surface area contributed by atoms with Crippen LogP contribution in [0, 0.1) is 27.4 Å². The molecule has 0 radical (unpaired) electrons. The largest absolute Gasteiger partial charge is 0.381 e. The molecule has 1 aliphatic heterocycles. The van der Waals surface area contributed by atoms with Gasteiger partial charge in [-0.1, -0.05) is 26.8 Å². The molecular weight excluding hydrogens is 318 g/mol. The molecule has 1 saturated heterocycles. The van der Waals surface area contributed by atoms with Gasteiger partial charge in [0.25, 0.3) is 5.69 Å². The van der Waals surface area contributed by atoms with Crippen molar-refractivity contribution in [2.75, 3.05) is 24.7 Å². The molecule has 1 heterocycles. The summed E-state index contributed by atoms with van der Waals surface area (Å²) in [5.41, 5.74) is 1.65. The fourth-order valence-electron chi connectivity index (χ4n) is 3.33. The highest BCUT2D eigenvalue weighted by Crippen LogP contribution is 2.35. The van der Waals surface area contributed by atoms with E-state index in [1.807, 2.05) is 19.1 Å². The van der Waals surface area contributed by atoms with Gasteiger partial charge in [0.2, 0.25) is 0 Å². The third-order valence-corrected chi connectivity index (χ3v) is 4.67. The van der Waals surface area contributed by atoms with Crippen molar-refractivity contribution in [2.24, 2.45) is 5.92 Å². The number of nitriles is 1. The number of anilines is 1. The summed E-state index contributed by atoms with van der Waals surface area (Å²) in [5, 5.41) is 20.6. The average molecular weight is 345 g/mol. The highest BCUT2D eigenvalue weighted by atomic mass is 16.6. The minimum atomic E-state index is -0.301. The van der Waals surface area contributed by atoms with Crippen LogP contribution in [0.2, 0.25) is 0 Å². The number of nitro benzene ring substituents is 1. The molecule has 0 bridgehead atoms. The van der Waals surface area contributed by atoms with Crippen LogP contribution >= 0.6 is 0 Å². The van der Waals surface area contributed by atoms with Crippen molar-refractivity contribution < 1.29 is 9.66 Å². The first-order chi connectivity index (χ1) is 11.9. The maximum Gasteiger partial charge on any atom is 0.292 e. The lowest BCUT2D eigenvalue weighted by atomic mass is 9.96. The number of nitro groups is 1. The van der Waals surface area contributed by atoms with Crippen LogP contribution in [0.4, 0.5) is 11.4 Å². The normalized spacial score (nSPS) is 16.4. The number of nitrogens with zero attached hydrogens (tertiary/aromatic N) is 3. The predicted molar refractivity (Wildman–Crippen MR) is 97.8 cm³/mol. The number of hydrogen-bond donors (Lipinski definition) is 0. The van der Waals surface area contributed by atoms with Crippen LogP contribution in [0.5, 0.6) is 0 Å². The maximum absolute atomic E-state index is 11.7. The molecule has 2 rings (SSSR count). The predicted octanol–water partition coefficient (Wildman–Crippen LogP) is 4.25. The number of hydrogen-bond acceptors (Lipinski definition) is 5. The van der Waals surface area contributed by atoms with Gasteiger partial charge in [-0.05, 0) is 36.3 Å². The average Bonchev–Trinajstić information content (AvgIpc) is 2.60. The van der Waals surface area contributed by atoms with Crippen LogP contribution in [-0.2, 0) is 4.74 Å². The summed E-state index contributed by atoms with van der Waals surface area (Å²) in [7, 11) is 0. The van der Waals surface area contributed by atoms with Gasteiger partial charge < -0.3 is 9.64 Å². The third-order valence-electron chi connectivity index (χ3n) is 4.67. The van der Waals surface area contributed by atoms with E-state index in [0.29, 0.717) is 31.2 Å². The van der Waals surface area contributed by atoms with Gasteiger partial charge in [0.05, 0.1) is 11.0 Å². The number of ether oxygens (including phenoxy) is 1. The van der Waals surface area contributed by atoms with Crippen LogP contribution in [0.25, 0.3) is 0 Å². The summed E-state index contributed by atoms with van der Waals surface area (Å²) in [6.45, 7) is 8.35. The first-order valence-electron chi connectivity index (χ1n) is 8.93. The topological polar surface area (TPSA) is 79.4 Å². The fourth-order valence-corrected chi connectivity index (χ4v) is 3.33. The van der Waals surface area contributed by atoms with E-state index in [0.717, 1.165) is 24.9 Å². The minimum absolute atomic E-state index is 0.0145. The van der Waals surface area contributed by atoms with E-state index in [1.165, 1.54) is 0 Å². The standard InChI is InChI=1S/C19H27N3O3/c1-14(2)13-21(17-7-10-25-11-8-17)18-5-4-16(15(3)6-9-20)12-19(18)22(23)24/h4-5,12,14-15,17H,6-8,10-11,13H2,1-3H3. The van der Waals surface area contributed by atoms with Gasteiger partial charge >= 0.3 is 0 Å². The first-order valence-corrected chi connectivity index (χ1v) is 8.93. The summed E-state index contributed by atoms with van der Waals surface area (Å²) < 4.78 is 5.45. The molecule has 1 aromatic carbocycles. The zero-order valence-corrected chi connectivity index (χ0v) is 15.3. The molecule has 25 heavy (non-hydrogen) atoms. The van der Waals surface area contributed by atoms with Gasteiger partial charge in [-0.25, -0.2) is 0 Å². The Morgan fingerprint density at radius 3 is 2.60 bits per heavy atom. The van der Waals surface area contributed by atoms with Gasteiger partial charge in [-0.15, -0.1) is 0 Å². The van der Waals surface area contributed by atoms with E-state index in [-0.39, 0.29) is 22.6 Å². The second-order valence-corrected chi connectivity index (χ2v) is 7.16. The highest BCUT2D eigenvalue weighted by Gasteiger charge is 2.28. The number of rotatable bonds is 7. The van der Waals surface area contributed by atoms with E-state index < -0.39 is 0 Å². The molecule has 0 aliphatic carbocycles. The van der Waals surface area contributed by atoms with Gasteiger partial charge in [-0.2, -0.15) is 5.26 Å². The van der Waals surface area contributed by atoms with Crippen molar-refractivity contribution in [3.8, 4) is 6.07 Å². The van der Waals surface area contributed by atoms with Crippen molar-refractivity contribution in [2.45, 2.75) is 52.0 Å². The fraction of sp³-hybridized carbons (Fsp3) is 0.632. The molecule has 1 aliphatic rings. The Labute approximate surface area is 149 Å². The second-order valence-electron chi connectivity index (χ2n) is 7.16. The Kier molecular flexibility index (Phi) is 6.77. The molecule has 0 aromatic heterocycles. The van der Waals surface area contributed by atoms with Crippen LogP contribution in [0.3, 0.4) is 0 Å². The lowest BCUT2D eigenvalue weighted by Gasteiger charge is -2.37. The van der Waals surface area contributed by atoms with Crippen molar-refractivity contribution >= 4 is 11.4 Å². The molecule has 0 saturated carbocycles. The van der Waals surface area contributed by atoms with E-state index >= 15 is 0 Å². The molecular formula is C19H27N3O3. The second kappa shape index (κ2) is 8.82. The van der Waals surface area contributed by atoms with E-state index in [1.54, 1.807) is 6.07 Å². The number of benzene rings is 1. The first kappa shape index (κ1) is 19.2. The van der Waals surface area contributed by atoms with Crippen molar-refractivity contribution in [1.29, 1.82) is 5.26 Å². The third kappa shape index (κ3) is 4.93. The lowest BCUT2D eigenvalue weighted by Crippen LogP contribution is -2.42. The van der Waals surface area contributed by atoms with Gasteiger partial charge in [0.15, 0.2) is 0 Å².